The van der Waals surface area contributed by atoms with Crippen molar-refractivity contribution in [1.82, 2.24) is 0 Å². The Hall–Kier alpha value is -2.20. The van der Waals surface area contributed by atoms with Gasteiger partial charge in [0.05, 0.1) is 11.0 Å². The van der Waals surface area contributed by atoms with Crippen molar-refractivity contribution in [1.29, 1.82) is 0 Å². The second-order valence-electron chi connectivity index (χ2n) is 6.71. The third-order valence-corrected chi connectivity index (χ3v) is 4.91. The number of halogens is 1. The molecule has 0 N–H and O–H groups in total. The largest absolute Gasteiger partial charge is 0.289 e. The highest BCUT2D eigenvalue weighted by atomic mass is 35.5. The van der Waals surface area contributed by atoms with Crippen LogP contribution in [0.5, 0.6) is 0 Å². The van der Waals surface area contributed by atoms with E-state index in [1.165, 1.54) is 32.1 Å². The molecule has 1 aliphatic carbocycles. The number of hydrogen-bond acceptors (Lipinski definition) is 3. The molecular weight excluding hydrogens is 348 g/mol. The molecule has 4 nitrogen and oxygen atoms in total. The molecule has 26 heavy (non-hydrogen) atoms. The quantitative estimate of drug-likeness (QED) is 0.357. The highest BCUT2D eigenvalue weighted by molar-refractivity contribution is 5.85. The summed E-state index contributed by atoms with van der Waals surface area (Å²) >= 11 is 0. The fraction of sp³-hybridized carbons (Fsp3) is 0.381. The Kier molecular flexibility index (Phi) is 7.79. The minimum Gasteiger partial charge on any atom is -0.289 e. The lowest BCUT2D eigenvalue weighted by atomic mass is 9.90. The van der Waals surface area contributed by atoms with Crippen LogP contribution in [0.1, 0.15) is 49.3 Å². The van der Waals surface area contributed by atoms with Crippen LogP contribution in [0.3, 0.4) is 0 Å². The molecule has 138 valence electrons. The highest BCUT2D eigenvalue weighted by Gasteiger charge is 2.19. The number of nitro groups is 1. The second kappa shape index (κ2) is 10.1. The summed E-state index contributed by atoms with van der Waals surface area (Å²) in [5.74, 6) is 0.547. The van der Waals surface area contributed by atoms with Crippen molar-refractivity contribution in [2.75, 3.05) is 0 Å². The van der Waals surface area contributed by atoms with E-state index in [1.54, 1.807) is 12.1 Å². The Labute approximate surface area is 160 Å². The van der Waals surface area contributed by atoms with Crippen molar-refractivity contribution in [3.63, 3.8) is 0 Å². The van der Waals surface area contributed by atoms with E-state index in [-0.39, 0.29) is 29.1 Å². The molecular formula is C21H25ClN2O2. The molecule has 5 heteroatoms. The minimum absolute atomic E-state index is 0. The average molecular weight is 373 g/mol. The lowest BCUT2D eigenvalue weighted by Gasteiger charge is -2.19. The van der Waals surface area contributed by atoms with Crippen LogP contribution in [0.15, 0.2) is 59.6 Å². The van der Waals surface area contributed by atoms with Crippen LogP contribution in [-0.4, -0.2) is 11.1 Å². The normalized spacial score (nSPS) is 16.2. The van der Waals surface area contributed by atoms with Crippen molar-refractivity contribution in [3.8, 4) is 0 Å². The molecule has 0 aliphatic heterocycles. The second-order valence-corrected chi connectivity index (χ2v) is 6.71. The molecule has 0 aromatic heterocycles. The van der Waals surface area contributed by atoms with Crippen molar-refractivity contribution in [2.45, 2.75) is 44.6 Å². The zero-order chi connectivity index (χ0) is 17.5. The monoisotopic (exact) mass is 372 g/mol. The first-order valence-corrected chi connectivity index (χ1v) is 9.04. The van der Waals surface area contributed by atoms with Crippen LogP contribution in [0.4, 0.5) is 5.69 Å². The molecule has 1 saturated carbocycles. The van der Waals surface area contributed by atoms with Crippen LogP contribution in [0.2, 0.25) is 0 Å². The molecule has 0 amide bonds. The Morgan fingerprint density at radius 1 is 1.04 bits per heavy atom. The Balaban J connectivity index is 0.00000243. The van der Waals surface area contributed by atoms with Gasteiger partial charge in [-0.2, -0.15) is 0 Å². The van der Waals surface area contributed by atoms with E-state index in [0.717, 1.165) is 11.1 Å². The lowest BCUT2D eigenvalue weighted by Crippen LogP contribution is -2.09. The predicted octanol–water partition coefficient (Wildman–Crippen LogP) is 5.95. The lowest BCUT2D eigenvalue weighted by molar-refractivity contribution is -0.385. The first-order chi connectivity index (χ1) is 12.2. The Bertz CT molecular complexity index is 728. The fourth-order valence-corrected chi connectivity index (χ4v) is 3.51. The summed E-state index contributed by atoms with van der Waals surface area (Å²) in [7, 11) is 0. The molecule has 0 radical (unpaired) electrons. The molecule has 3 rings (SSSR count). The van der Waals surface area contributed by atoms with Crippen molar-refractivity contribution in [2.24, 2.45) is 10.9 Å². The van der Waals surface area contributed by atoms with Gasteiger partial charge in [-0.3, -0.25) is 15.1 Å². The van der Waals surface area contributed by atoms with Gasteiger partial charge in [0.25, 0.3) is 5.69 Å². The molecule has 0 heterocycles. The SMILES string of the molecule is Cl.O=[N+]([O-])c1ccccc1CC(N=CC1CCCCC1)c1ccccc1. The maximum atomic E-state index is 11.3. The molecule has 1 atom stereocenters. The van der Waals surface area contributed by atoms with Gasteiger partial charge in [0.1, 0.15) is 0 Å². The number of para-hydroxylation sites is 1. The highest BCUT2D eigenvalue weighted by Crippen LogP contribution is 2.29. The maximum Gasteiger partial charge on any atom is 0.272 e. The fourth-order valence-electron chi connectivity index (χ4n) is 3.51. The van der Waals surface area contributed by atoms with Crippen molar-refractivity contribution >= 4 is 24.3 Å². The summed E-state index contributed by atoms with van der Waals surface area (Å²) in [6.45, 7) is 0. The summed E-state index contributed by atoms with van der Waals surface area (Å²) in [4.78, 5) is 15.9. The molecule has 2 aromatic carbocycles. The number of nitro benzene ring substituents is 1. The summed E-state index contributed by atoms with van der Waals surface area (Å²) in [5.41, 5.74) is 2.02. The zero-order valence-corrected chi connectivity index (χ0v) is 15.6. The van der Waals surface area contributed by atoms with Gasteiger partial charge in [0, 0.05) is 24.3 Å². The number of benzene rings is 2. The van der Waals surface area contributed by atoms with E-state index in [4.69, 9.17) is 4.99 Å². The van der Waals surface area contributed by atoms with E-state index >= 15 is 0 Å². The van der Waals surface area contributed by atoms with Gasteiger partial charge in [-0.1, -0.05) is 67.8 Å². The third kappa shape index (κ3) is 5.40. The van der Waals surface area contributed by atoms with Crippen LogP contribution < -0.4 is 0 Å². The smallest absolute Gasteiger partial charge is 0.272 e. The van der Waals surface area contributed by atoms with E-state index in [9.17, 15) is 10.1 Å². The van der Waals surface area contributed by atoms with Gasteiger partial charge in [-0.05, 0) is 24.3 Å². The zero-order valence-electron chi connectivity index (χ0n) is 14.8. The summed E-state index contributed by atoms with van der Waals surface area (Å²) in [6.07, 6.45) is 8.93. The number of aliphatic imine (C=N–C) groups is 1. The van der Waals surface area contributed by atoms with Gasteiger partial charge in [0.2, 0.25) is 0 Å². The summed E-state index contributed by atoms with van der Waals surface area (Å²) < 4.78 is 0. The predicted molar refractivity (Wildman–Crippen MR) is 108 cm³/mol. The first-order valence-electron chi connectivity index (χ1n) is 9.04. The summed E-state index contributed by atoms with van der Waals surface area (Å²) in [5, 5.41) is 11.3. The van der Waals surface area contributed by atoms with E-state index in [2.05, 4.69) is 18.3 Å². The molecule has 2 aromatic rings. The maximum absolute atomic E-state index is 11.3. The van der Waals surface area contributed by atoms with Gasteiger partial charge >= 0.3 is 0 Å². The van der Waals surface area contributed by atoms with Crippen molar-refractivity contribution in [3.05, 3.63) is 75.8 Å². The van der Waals surface area contributed by atoms with Crippen LogP contribution >= 0.6 is 12.4 Å². The van der Waals surface area contributed by atoms with E-state index in [1.807, 2.05) is 30.3 Å². The molecule has 0 spiro atoms. The molecule has 0 bridgehead atoms. The number of hydrogen-bond donors (Lipinski definition) is 0. The number of rotatable bonds is 6. The topological polar surface area (TPSA) is 55.5 Å². The molecule has 0 saturated heterocycles. The van der Waals surface area contributed by atoms with Gasteiger partial charge in [0.15, 0.2) is 0 Å². The summed E-state index contributed by atoms with van der Waals surface area (Å²) in [6, 6.07) is 17.0. The number of nitrogens with zero attached hydrogens (tertiary/aromatic N) is 2. The van der Waals surface area contributed by atoms with Gasteiger partial charge < -0.3 is 0 Å². The van der Waals surface area contributed by atoms with E-state index in [0.29, 0.717) is 12.3 Å². The minimum atomic E-state index is -0.303. The molecule has 1 fully saturated rings. The first kappa shape index (κ1) is 20.1. The van der Waals surface area contributed by atoms with Gasteiger partial charge in [-0.25, -0.2) is 0 Å². The van der Waals surface area contributed by atoms with E-state index < -0.39 is 0 Å². The Morgan fingerprint density at radius 3 is 2.38 bits per heavy atom. The molecule has 1 unspecified atom stereocenters. The standard InChI is InChI=1S/C21H24N2O2.ClH/c24-23(25)21-14-8-7-13-19(21)15-20(18-11-5-2-6-12-18)22-16-17-9-3-1-4-10-17;/h2,5-8,11-14,16-17,20H,1,3-4,9-10,15H2;1H. The Morgan fingerprint density at radius 2 is 1.69 bits per heavy atom. The van der Waals surface area contributed by atoms with Crippen molar-refractivity contribution < 1.29 is 4.92 Å². The van der Waals surface area contributed by atoms with Crippen LogP contribution in [0, 0.1) is 16.0 Å². The molecule has 1 aliphatic rings. The third-order valence-electron chi connectivity index (χ3n) is 4.91. The van der Waals surface area contributed by atoms with Crippen LogP contribution in [0.25, 0.3) is 0 Å². The average Bonchev–Trinajstić information content (AvgIpc) is 2.67. The van der Waals surface area contributed by atoms with Gasteiger partial charge in [-0.15, -0.1) is 12.4 Å². The van der Waals surface area contributed by atoms with Crippen LogP contribution in [-0.2, 0) is 6.42 Å².